The number of hydrogen-bond donors (Lipinski definition) is 1. The van der Waals surface area contributed by atoms with E-state index in [4.69, 9.17) is 4.74 Å². The lowest BCUT2D eigenvalue weighted by molar-refractivity contribution is -0.0293. The van der Waals surface area contributed by atoms with E-state index in [0.717, 1.165) is 38.9 Å². The van der Waals surface area contributed by atoms with Gasteiger partial charge < -0.3 is 14.7 Å². The minimum atomic E-state index is -0.454. The smallest absolute Gasteiger partial charge is 0.0710 e. The predicted molar refractivity (Wildman–Crippen MR) is 69.1 cm³/mol. The lowest BCUT2D eigenvalue weighted by Gasteiger charge is -2.26. The normalized spacial score (nSPS) is 39.2. The number of rotatable bonds is 2. The fourth-order valence-corrected chi connectivity index (χ4v) is 3.00. The Bertz CT molecular complexity index is 263. The van der Waals surface area contributed by atoms with Crippen LogP contribution in [0.3, 0.4) is 0 Å². The molecule has 0 aliphatic carbocycles. The van der Waals surface area contributed by atoms with Gasteiger partial charge in [0.25, 0.3) is 0 Å². The first kappa shape index (κ1) is 13.3. The van der Waals surface area contributed by atoms with Crippen molar-refractivity contribution in [2.24, 2.45) is 0 Å². The van der Waals surface area contributed by atoms with Crippen LogP contribution in [0.4, 0.5) is 0 Å². The van der Waals surface area contributed by atoms with Crippen LogP contribution in [0.2, 0.25) is 0 Å². The quantitative estimate of drug-likeness (QED) is 0.804. The highest BCUT2D eigenvalue weighted by molar-refractivity contribution is 4.85. The Labute approximate surface area is 105 Å². The van der Waals surface area contributed by atoms with Crippen molar-refractivity contribution in [3.63, 3.8) is 0 Å². The summed E-state index contributed by atoms with van der Waals surface area (Å²) in [6.45, 7) is 9.48. The van der Waals surface area contributed by atoms with Gasteiger partial charge in [0.05, 0.1) is 17.3 Å². The molecule has 0 bridgehead atoms. The largest absolute Gasteiger partial charge is 0.390 e. The second-order valence-corrected chi connectivity index (χ2v) is 6.69. The van der Waals surface area contributed by atoms with E-state index in [1.54, 1.807) is 0 Å². The predicted octanol–water partition coefficient (Wildman–Crippen LogP) is 2.18. The van der Waals surface area contributed by atoms with E-state index in [0.29, 0.717) is 6.10 Å². The number of likely N-dealkylation sites (tertiary alicyclic amines) is 1. The average Bonchev–Trinajstić information content (AvgIpc) is 2.44. The summed E-state index contributed by atoms with van der Waals surface area (Å²) in [6.07, 6.45) is 5.67. The zero-order valence-corrected chi connectivity index (χ0v) is 11.5. The van der Waals surface area contributed by atoms with Crippen molar-refractivity contribution in [1.82, 2.24) is 4.90 Å². The molecule has 2 unspecified atom stereocenters. The number of hydrogen-bond acceptors (Lipinski definition) is 3. The summed E-state index contributed by atoms with van der Waals surface area (Å²) < 4.78 is 6.04. The molecule has 0 spiro atoms. The molecule has 2 rings (SSSR count). The van der Waals surface area contributed by atoms with E-state index in [2.05, 4.69) is 18.7 Å². The lowest BCUT2D eigenvalue weighted by Crippen LogP contribution is -2.35. The zero-order chi connectivity index (χ0) is 12.5. The van der Waals surface area contributed by atoms with Gasteiger partial charge in [-0.3, -0.25) is 0 Å². The molecule has 0 aromatic carbocycles. The van der Waals surface area contributed by atoms with Gasteiger partial charge in [-0.2, -0.15) is 0 Å². The molecule has 2 saturated heterocycles. The molecule has 0 amide bonds. The molecule has 17 heavy (non-hydrogen) atoms. The van der Waals surface area contributed by atoms with Gasteiger partial charge in [-0.1, -0.05) is 0 Å². The molecule has 2 atom stereocenters. The molecule has 100 valence electrons. The van der Waals surface area contributed by atoms with Crippen LogP contribution in [-0.4, -0.2) is 46.9 Å². The van der Waals surface area contributed by atoms with Gasteiger partial charge in [-0.15, -0.1) is 0 Å². The molecule has 2 fully saturated rings. The van der Waals surface area contributed by atoms with Gasteiger partial charge in [0.2, 0.25) is 0 Å². The van der Waals surface area contributed by atoms with Gasteiger partial charge >= 0.3 is 0 Å². The van der Waals surface area contributed by atoms with Crippen LogP contribution < -0.4 is 0 Å². The van der Waals surface area contributed by atoms with Gasteiger partial charge in [-0.25, -0.2) is 0 Å². The third-order valence-corrected chi connectivity index (χ3v) is 4.17. The van der Waals surface area contributed by atoms with E-state index < -0.39 is 5.60 Å². The molecule has 3 heteroatoms. The Balaban J connectivity index is 1.80. The second kappa shape index (κ2) is 4.87. The summed E-state index contributed by atoms with van der Waals surface area (Å²) in [5.74, 6) is 0. The molecule has 0 saturated carbocycles. The topological polar surface area (TPSA) is 32.7 Å². The van der Waals surface area contributed by atoms with Crippen molar-refractivity contribution < 1.29 is 9.84 Å². The maximum atomic E-state index is 10.1. The SMILES string of the molecule is CC1(O)CCCN(CC2CCC(C)(C)O2)CC1. The molecule has 0 radical (unpaired) electrons. The van der Waals surface area contributed by atoms with Crippen molar-refractivity contribution in [1.29, 1.82) is 0 Å². The molecule has 1 N–H and O–H groups in total. The van der Waals surface area contributed by atoms with Crippen LogP contribution in [-0.2, 0) is 4.74 Å². The summed E-state index contributed by atoms with van der Waals surface area (Å²) in [5, 5.41) is 10.1. The highest BCUT2D eigenvalue weighted by atomic mass is 16.5. The minimum absolute atomic E-state index is 0.0714. The number of aliphatic hydroxyl groups is 1. The van der Waals surface area contributed by atoms with E-state index in [1.807, 2.05) is 6.92 Å². The zero-order valence-electron chi connectivity index (χ0n) is 11.5. The van der Waals surface area contributed by atoms with E-state index in [9.17, 15) is 5.11 Å². The first-order valence-electron chi connectivity index (χ1n) is 6.99. The molecule has 2 heterocycles. The minimum Gasteiger partial charge on any atom is -0.390 e. The molecular weight excluding hydrogens is 214 g/mol. The summed E-state index contributed by atoms with van der Waals surface area (Å²) in [7, 11) is 0. The molecular formula is C14H27NO2. The fraction of sp³-hybridized carbons (Fsp3) is 1.00. The van der Waals surface area contributed by atoms with Crippen LogP contribution in [0.1, 0.15) is 52.9 Å². The first-order valence-corrected chi connectivity index (χ1v) is 6.99. The van der Waals surface area contributed by atoms with Crippen LogP contribution >= 0.6 is 0 Å². The number of ether oxygens (including phenoxy) is 1. The van der Waals surface area contributed by atoms with Crippen LogP contribution in [0.5, 0.6) is 0 Å². The third kappa shape index (κ3) is 3.94. The fourth-order valence-electron chi connectivity index (χ4n) is 3.00. The maximum absolute atomic E-state index is 10.1. The molecule has 0 aromatic rings. The Morgan fingerprint density at radius 2 is 1.94 bits per heavy atom. The van der Waals surface area contributed by atoms with Crippen molar-refractivity contribution in [2.75, 3.05) is 19.6 Å². The summed E-state index contributed by atoms with van der Waals surface area (Å²) in [4.78, 5) is 2.47. The molecule has 2 aliphatic heterocycles. The van der Waals surface area contributed by atoms with Gasteiger partial charge in [-0.05, 0) is 59.4 Å². The Kier molecular flexibility index (Phi) is 3.81. The summed E-state index contributed by atoms with van der Waals surface area (Å²) in [6, 6.07) is 0. The highest BCUT2D eigenvalue weighted by Gasteiger charge is 2.33. The Morgan fingerprint density at radius 3 is 2.59 bits per heavy atom. The van der Waals surface area contributed by atoms with Crippen molar-refractivity contribution in [3.8, 4) is 0 Å². The third-order valence-electron chi connectivity index (χ3n) is 4.17. The van der Waals surface area contributed by atoms with E-state index in [-0.39, 0.29) is 5.60 Å². The summed E-state index contributed by atoms with van der Waals surface area (Å²) in [5.41, 5.74) is -0.382. The van der Waals surface area contributed by atoms with Crippen molar-refractivity contribution in [3.05, 3.63) is 0 Å². The van der Waals surface area contributed by atoms with Gasteiger partial charge in [0.15, 0.2) is 0 Å². The lowest BCUT2D eigenvalue weighted by atomic mass is 9.98. The summed E-state index contributed by atoms with van der Waals surface area (Å²) >= 11 is 0. The highest BCUT2D eigenvalue weighted by Crippen LogP contribution is 2.30. The van der Waals surface area contributed by atoms with Crippen LogP contribution in [0.25, 0.3) is 0 Å². The second-order valence-electron chi connectivity index (χ2n) is 6.69. The van der Waals surface area contributed by atoms with E-state index in [1.165, 1.54) is 12.8 Å². The number of nitrogens with zero attached hydrogens (tertiary/aromatic N) is 1. The maximum Gasteiger partial charge on any atom is 0.0710 e. The van der Waals surface area contributed by atoms with Crippen molar-refractivity contribution >= 4 is 0 Å². The van der Waals surface area contributed by atoms with E-state index >= 15 is 0 Å². The average molecular weight is 241 g/mol. The first-order chi connectivity index (χ1) is 7.86. The van der Waals surface area contributed by atoms with Gasteiger partial charge in [0, 0.05) is 13.1 Å². The van der Waals surface area contributed by atoms with Crippen LogP contribution in [0.15, 0.2) is 0 Å². The van der Waals surface area contributed by atoms with Gasteiger partial charge in [0.1, 0.15) is 0 Å². The Morgan fingerprint density at radius 1 is 1.18 bits per heavy atom. The molecule has 0 aromatic heterocycles. The Hall–Kier alpha value is -0.120. The molecule has 2 aliphatic rings. The monoisotopic (exact) mass is 241 g/mol. The standard InChI is InChI=1S/C14H27NO2/c1-13(2)7-5-12(17-13)11-15-9-4-6-14(3,16)8-10-15/h12,16H,4-11H2,1-3H3. The molecule has 3 nitrogen and oxygen atoms in total. The van der Waals surface area contributed by atoms with Crippen molar-refractivity contribution in [2.45, 2.75) is 70.2 Å². The van der Waals surface area contributed by atoms with Crippen LogP contribution in [0, 0.1) is 0 Å².